The number of hydrogen-bond acceptors (Lipinski definition) is 5. The van der Waals surface area contributed by atoms with Crippen LogP contribution in [0.3, 0.4) is 0 Å². The summed E-state index contributed by atoms with van der Waals surface area (Å²) in [5.74, 6) is -0.810. The minimum atomic E-state index is -4.56. The standard InChI is InChI=1S/C21H15ClF3N5O3S/c1-27-19(31)16-18-28-10-14(13-4-2-3-5-15(13)22)17(30(18)29-20(16)34(26,32)33)11-6-8-12(9-7-11)21(23,24)25/h2-10H,1H3,(H,27,31)(H2,26,32,33). The van der Waals surface area contributed by atoms with Crippen molar-refractivity contribution >= 4 is 33.2 Å². The van der Waals surface area contributed by atoms with Crippen LogP contribution in [0.5, 0.6) is 0 Å². The number of nitrogens with zero attached hydrogens (tertiary/aromatic N) is 3. The van der Waals surface area contributed by atoms with Crippen LogP contribution in [0.25, 0.3) is 28.0 Å². The first-order valence-electron chi connectivity index (χ1n) is 9.52. The lowest BCUT2D eigenvalue weighted by Gasteiger charge is -2.14. The first-order valence-corrected chi connectivity index (χ1v) is 11.4. The molecule has 0 bridgehead atoms. The van der Waals surface area contributed by atoms with Crippen molar-refractivity contribution in [1.29, 1.82) is 0 Å². The third-order valence-corrected chi connectivity index (χ3v) is 6.14. The zero-order chi connectivity index (χ0) is 24.8. The summed E-state index contributed by atoms with van der Waals surface area (Å²) in [6.07, 6.45) is -3.22. The molecule has 0 aliphatic rings. The van der Waals surface area contributed by atoms with Gasteiger partial charge in [0.2, 0.25) is 5.03 Å². The fraction of sp³-hybridized carbons (Fsp3) is 0.0952. The molecule has 3 N–H and O–H groups in total. The van der Waals surface area contributed by atoms with Gasteiger partial charge in [-0.25, -0.2) is 23.1 Å². The number of carbonyl (C=O) groups is 1. The van der Waals surface area contributed by atoms with E-state index >= 15 is 0 Å². The van der Waals surface area contributed by atoms with Gasteiger partial charge in [-0.2, -0.15) is 18.3 Å². The van der Waals surface area contributed by atoms with E-state index in [0.717, 1.165) is 16.6 Å². The Balaban J connectivity index is 2.14. The molecule has 0 saturated carbocycles. The molecule has 13 heteroatoms. The van der Waals surface area contributed by atoms with E-state index in [9.17, 15) is 26.4 Å². The molecule has 176 valence electrons. The normalized spacial score (nSPS) is 12.2. The lowest BCUT2D eigenvalue weighted by molar-refractivity contribution is -0.137. The van der Waals surface area contributed by atoms with E-state index in [1.54, 1.807) is 24.3 Å². The van der Waals surface area contributed by atoms with Gasteiger partial charge in [0.25, 0.3) is 15.9 Å². The van der Waals surface area contributed by atoms with Crippen LogP contribution in [0.1, 0.15) is 15.9 Å². The number of rotatable bonds is 4. The number of amides is 1. The molecule has 4 aromatic rings. The number of halogens is 4. The van der Waals surface area contributed by atoms with E-state index in [2.05, 4.69) is 15.4 Å². The smallest absolute Gasteiger partial charge is 0.355 e. The highest BCUT2D eigenvalue weighted by Gasteiger charge is 2.32. The van der Waals surface area contributed by atoms with Crippen LogP contribution < -0.4 is 10.5 Å². The maximum atomic E-state index is 13.1. The maximum Gasteiger partial charge on any atom is 0.416 e. The predicted octanol–water partition coefficient (Wildman–Crippen LogP) is 3.74. The van der Waals surface area contributed by atoms with Crippen molar-refractivity contribution in [1.82, 2.24) is 19.9 Å². The summed E-state index contributed by atoms with van der Waals surface area (Å²) in [6.45, 7) is 0. The van der Waals surface area contributed by atoms with Crippen LogP contribution in [0, 0.1) is 0 Å². The lowest BCUT2D eigenvalue weighted by atomic mass is 9.99. The molecular weight excluding hydrogens is 495 g/mol. The number of sulfonamides is 1. The molecule has 34 heavy (non-hydrogen) atoms. The number of alkyl halides is 3. The van der Waals surface area contributed by atoms with Gasteiger partial charge in [0, 0.05) is 35.0 Å². The molecule has 2 aromatic heterocycles. The van der Waals surface area contributed by atoms with Crippen molar-refractivity contribution in [3.05, 3.63) is 70.9 Å². The van der Waals surface area contributed by atoms with Gasteiger partial charge >= 0.3 is 6.18 Å². The maximum absolute atomic E-state index is 13.1. The average molecular weight is 510 g/mol. The van der Waals surface area contributed by atoms with Crippen LogP contribution in [0.4, 0.5) is 13.2 Å². The molecule has 0 unspecified atom stereocenters. The number of aromatic nitrogens is 3. The van der Waals surface area contributed by atoms with Gasteiger partial charge in [0.05, 0.1) is 11.3 Å². The number of nitrogens with one attached hydrogen (secondary N) is 1. The SMILES string of the molecule is CNC(=O)c1c(S(N)(=O)=O)nn2c(-c3ccc(C(F)(F)F)cc3)c(-c3ccccc3Cl)cnc12. The van der Waals surface area contributed by atoms with Crippen LogP contribution in [0.2, 0.25) is 5.02 Å². The number of primary sulfonamides is 1. The molecule has 0 aliphatic heterocycles. The molecule has 0 spiro atoms. The molecule has 0 saturated heterocycles. The van der Waals surface area contributed by atoms with Crippen molar-refractivity contribution < 1.29 is 26.4 Å². The predicted molar refractivity (Wildman–Crippen MR) is 119 cm³/mol. The first kappa shape index (κ1) is 23.7. The fourth-order valence-electron chi connectivity index (χ4n) is 3.46. The van der Waals surface area contributed by atoms with Gasteiger partial charge in [-0.1, -0.05) is 41.9 Å². The number of carbonyl (C=O) groups excluding carboxylic acids is 1. The van der Waals surface area contributed by atoms with Crippen molar-refractivity contribution in [2.45, 2.75) is 11.2 Å². The Morgan fingerprint density at radius 2 is 1.74 bits per heavy atom. The van der Waals surface area contributed by atoms with Gasteiger partial charge in [-0.05, 0) is 18.2 Å². The Bertz CT molecular complexity index is 1530. The van der Waals surface area contributed by atoms with E-state index in [4.69, 9.17) is 16.7 Å². The summed E-state index contributed by atoms with van der Waals surface area (Å²) in [6, 6.07) is 10.8. The van der Waals surface area contributed by atoms with Gasteiger partial charge < -0.3 is 5.32 Å². The summed E-state index contributed by atoms with van der Waals surface area (Å²) in [5, 5.41) is 11.2. The number of benzene rings is 2. The summed E-state index contributed by atoms with van der Waals surface area (Å²) < 4.78 is 64.8. The Morgan fingerprint density at radius 1 is 1.09 bits per heavy atom. The monoisotopic (exact) mass is 509 g/mol. The quantitative estimate of drug-likeness (QED) is 0.434. The van der Waals surface area contributed by atoms with E-state index in [-0.39, 0.29) is 16.9 Å². The van der Waals surface area contributed by atoms with Crippen molar-refractivity contribution in [3.63, 3.8) is 0 Å². The molecular formula is C21H15ClF3N5O3S. The van der Waals surface area contributed by atoms with Crippen LogP contribution >= 0.6 is 11.6 Å². The Morgan fingerprint density at radius 3 is 2.29 bits per heavy atom. The van der Waals surface area contributed by atoms with Crippen LogP contribution in [-0.4, -0.2) is 36.0 Å². The molecule has 1 amide bonds. The number of nitrogens with two attached hydrogens (primary N) is 1. The van der Waals surface area contributed by atoms with Gasteiger partial charge in [-0.3, -0.25) is 4.79 Å². The highest BCUT2D eigenvalue weighted by Crippen LogP contribution is 2.38. The van der Waals surface area contributed by atoms with E-state index < -0.39 is 38.3 Å². The summed E-state index contributed by atoms with van der Waals surface area (Å²) in [7, 11) is -3.18. The summed E-state index contributed by atoms with van der Waals surface area (Å²) in [5.41, 5.74) is -0.239. The second-order valence-corrected chi connectivity index (χ2v) is 9.00. The van der Waals surface area contributed by atoms with Crippen LogP contribution in [0.15, 0.2) is 59.8 Å². The Kier molecular flexibility index (Phi) is 5.84. The zero-order valence-electron chi connectivity index (χ0n) is 17.3. The number of hydrogen-bond donors (Lipinski definition) is 2. The van der Waals surface area contributed by atoms with Gasteiger partial charge in [0.15, 0.2) is 5.65 Å². The van der Waals surface area contributed by atoms with Crippen LogP contribution in [-0.2, 0) is 16.2 Å². The average Bonchev–Trinajstić information content (AvgIpc) is 3.18. The highest BCUT2D eigenvalue weighted by molar-refractivity contribution is 7.89. The Labute approximate surface area is 196 Å². The molecule has 2 heterocycles. The van der Waals surface area contributed by atoms with Crippen molar-refractivity contribution in [2.24, 2.45) is 5.14 Å². The minimum absolute atomic E-state index is 0.158. The first-order chi connectivity index (χ1) is 15.9. The molecule has 0 fully saturated rings. The van der Waals surface area contributed by atoms with E-state index in [1.807, 2.05) is 0 Å². The van der Waals surface area contributed by atoms with Gasteiger partial charge in [0.1, 0.15) is 5.56 Å². The van der Waals surface area contributed by atoms with E-state index in [0.29, 0.717) is 16.1 Å². The molecule has 2 aromatic carbocycles. The summed E-state index contributed by atoms with van der Waals surface area (Å²) in [4.78, 5) is 16.7. The molecule has 0 atom stereocenters. The molecule has 0 aliphatic carbocycles. The molecule has 8 nitrogen and oxygen atoms in total. The number of fused-ring (bicyclic) bond motifs is 1. The van der Waals surface area contributed by atoms with Crippen molar-refractivity contribution in [2.75, 3.05) is 7.05 Å². The zero-order valence-corrected chi connectivity index (χ0v) is 18.8. The minimum Gasteiger partial charge on any atom is -0.355 e. The third kappa shape index (κ3) is 4.11. The largest absolute Gasteiger partial charge is 0.416 e. The highest BCUT2D eigenvalue weighted by atomic mass is 35.5. The lowest BCUT2D eigenvalue weighted by Crippen LogP contribution is -2.23. The molecule has 0 radical (unpaired) electrons. The van der Waals surface area contributed by atoms with Gasteiger partial charge in [-0.15, -0.1) is 0 Å². The fourth-order valence-corrected chi connectivity index (χ4v) is 4.36. The third-order valence-electron chi connectivity index (χ3n) is 4.99. The Hall–Kier alpha value is -3.48. The summed E-state index contributed by atoms with van der Waals surface area (Å²) >= 11 is 6.35. The second kappa shape index (κ2) is 8.38. The topological polar surface area (TPSA) is 119 Å². The van der Waals surface area contributed by atoms with Crippen molar-refractivity contribution in [3.8, 4) is 22.4 Å². The molecule has 4 rings (SSSR count). The second-order valence-electron chi connectivity index (χ2n) is 7.12. The van der Waals surface area contributed by atoms with E-state index in [1.165, 1.54) is 25.4 Å².